The molecule has 2 rings (SSSR count). The molecule has 27 heavy (non-hydrogen) atoms. The van der Waals surface area contributed by atoms with E-state index in [0.717, 1.165) is 24.6 Å². The van der Waals surface area contributed by atoms with E-state index in [1.54, 1.807) is 5.38 Å². The molecule has 0 saturated carbocycles. The monoisotopic (exact) mass is 434 g/mol. The van der Waals surface area contributed by atoms with Crippen LogP contribution >= 0.6 is 36.2 Å². The van der Waals surface area contributed by atoms with Crippen LogP contribution < -0.4 is 15.8 Å². The van der Waals surface area contributed by atoms with Gasteiger partial charge in [0.2, 0.25) is 0 Å². The van der Waals surface area contributed by atoms with Crippen LogP contribution in [-0.4, -0.2) is 48.6 Å². The number of hydrogen-bond donors (Lipinski definition) is 2. The summed E-state index contributed by atoms with van der Waals surface area (Å²) in [6.07, 6.45) is 0.684. The van der Waals surface area contributed by atoms with Crippen molar-refractivity contribution >= 4 is 47.7 Å². The van der Waals surface area contributed by atoms with Crippen LogP contribution in [0.1, 0.15) is 29.3 Å². The van der Waals surface area contributed by atoms with Gasteiger partial charge in [-0.1, -0.05) is 26.0 Å². The fraction of sp³-hybridized carbons (Fsp3) is 0.444. The summed E-state index contributed by atoms with van der Waals surface area (Å²) in [5.41, 5.74) is 6.59. The summed E-state index contributed by atoms with van der Waals surface area (Å²) in [5.74, 6) is 0.430. The third-order valence-electron chi connectivity index (χ3n) is 3.84. The molecule has 0 spiro atoms. The van der Waals surface area contributed by atoms with E-state index in [1.165, 1.54) is 11.3 Å². The molecule has 0 aliphatic heterocycles. The van der Waals surface area contributed by atoms with E-state index in [0.29, 0.717) is 36.7 Å². The summed E-state index contributed by atoms with van der Waals surface area (Å²) in [7, 11) is 0. The number of nitrogens with two attached hydrogens (primary N) is 1. The lowest BCUT2D eigenvalue weighted by molar-refractivity contribution is 0.102. The predicted octanol–water partition coefficient (Wildman–Crippen LogP) is 3.46. The summed E-state index contributed by atoms with van der Waals surface area (Å²) in [6, 6.07) is 7.45. The van der Waals surface area contributed by atoms with Gasteiger partial charge in [0.15, 0.2) is 0 Å². The number of nitrogens with zero attached hydrogens (tertiary/aromatic N) is 2. The van der Waals surface area contributed by atoms with Gasteiger partial charge in [-0.05, 0) is 31.8 Å². The molecule has 6 nitrogen and oxygen atoms in total. The van der Waals surface area contributed by atoms with Crippen LogP contribution in [0.4, 0.5) is 5.69 Å². The Morgan fingerprint density at radius 2 is 1.96 bits per heavy atom. The number of hydrogen-bond acceptors (Lipinski definition) is 6. The lowest BCUT2D eigenvalue weighted by atomic mass is 10.3. The van der Waals surface area contributed by atoms with E-state index in [1.807, 2.05) is 24.3 Å². The van der Waals surface area contributed by atoms with E-state index in [4.69, 9.17) is 10.5 Å². The Morgan fingerprint density at radius 1 is 1.26 bits per heavy atom. The molecule has 0 aliphatic carbocycles. The molecule has 0 saturated heterocycles. The number of aromatic nitrogens is 1. The minimum Gasteiger partial charge on any atom is -0.490 e. The molecule has 0 fully saturated rings. The van der Waals surface area contributed by atoms with Gasteiger partial charge in [-0.15, -0.1) is 36.2 Å². The maximum Gasteiger partial charge on any atom is 0.275 e. The zero-order valence-electron chi connectivity index (χ0n) is 15.6. The summed E-state index contributed by atoms with van der Waals surface area (Å²) >= 11 is 1.45. The van der Waals surface area contributed by atoms with Crippen LogP contribution in [0.25, 0.3) is 0 Å². The number of carbonyl (C=O) groups is 1. The SMILES string of the molecule is CCN(CC)CCOc1ccccc1NC(=O)c1csc(CCN)n1.Cl.Cl. The number of rotatable bonds is 10. The molecule has 152 valence electrons. The number of anilines is 1. The molecule has 0 radical (unpaired) electrons. The quantitative estimate of drug-likeness (QED) is 0.598. The lowest BCUT2D eigenvalue weighted by Crippen LogP contribution is -2.28. The number of halogens is 2. The first-order valence-electron chi connectivity index (χ1n) is 8.57. The third-order valence-corrected chi connectivity index (χ3v) is 4.75. The standard InChI is InChI=1S/C18H26N4O2S.2ClH/c1-3-22(4-2)11-12-24-16-8-6-5-7-14(16)21-18(23)15-13-25-17(20-15)9-10-19;;/h5-8,13H,3-4,9-12,19H2,1-2H3,(H,21,23);2*1H. The number of likely N-dealkylation sites (N-methyl/N-ethyl adjacent to an activating group) is 1. The Bertz CT molecular complexity index is 681. The summed E-state index contributed by atoms with van der Waals surface area (Å²) in [6.45, 7) is 8.20. The van der Waals surface area contributed by atoms with E-state index < -0.39 is 0 Å². The maximum absolute atomic E-state index is 12.4. The highest BCUT2D eigenvalue weighted by atomic mass is 35.5. The largest absolute Gasteiger partial charge is 0.490 e. The molecule has 0 bridgehead atoms. The predicted molar refractivity (Wildman–Crippen MR) is 117 cm³/mol. The van der Waals surface area contributed by atoms with E-state index in [9.17, 15) is 4.79 Å². The molecule has 9 heteroatoms. The highest BCUT2D eigenvalue weighted by Crippen LogP contribution is 2.24. The molecule has 0 atom stereocenters. The number of thiazole rings is 1. The molecular formula is C18H28Cl2N4O2S. The molecule has 0 aliphatic rings. The van der Waals surface area contributed by atoms with Crippen molar-refractivity contribution in [1.82, 2.24) is 9.88 Å². The van der Waals surface area contributed by atoms with Gasteiger partial charge in [-0.2, -0.15) is 0 Å². The second-order valence-corrected chi connectivity index (χ2v) is 6.43. The molecule has 1 aromatic heterocycles. The van der Waals surface area contributed by atoms with Gasteiger partial charge in [0.25, 0.3) is 5.91 Å². The van der Waals surface area contributed by atoms with Crippen LogP contribution in [-0.2, 0) is 6.42 Å². The van der Waals surface area contributed by atoms with Gasteiger partial charge >= 0.3 is 0 Å². The van der Waals surface area contributed by atoms with Crippen molar-refractivity contribution in [3.8, 4) is 5.75 Å². The Balaban J connectivity index is 0.00000338. The smallest absolute Gasteiger partial charge is 0.275 e. The van der Waals surface area contributed by atoms with Crippen molar-refractivity contribution in [2.24, 2.45) is 5.73 Å². The number of para-hydroxylation sites is 2. The van der Waals surface area contributed by atoms with E-state index >= 15 is 0 Å². The lowest BCUT2D eigenvalue weighted by Gasteiger charge is -2.19. The second kappa shape index (κ2) is 13.7. The Morgan fingerprint density at radius 3 is 2.63 bits per heavy atom. The third kappa shape index (κ3) is 8.02. The van der Waals surface area contributed by atoms with E-state index in [2.05, 4.69) is 29.0 Å². The zero-order chi connectivity index (χ0) is 18.1. The first-order chi connectivity index (χ1) is 12.2. The molecule has 1 heterocycles. The zero-order valence-corrected chi connectivity index (χ0v) is 18.1. The highest BCUT2D eigenvalue weighted by Gasteiger charge is 2.13. The first kappa shape index (κ1) is 25.6. The van der Waals surface area contributed by atoms with Crippen molar-refractivity contribution in [1.29, 1.82) is 0 Å². The van der Waals surface area contributed by atoms with Gasteiger partial charge in [0.1, 0.15) is 18.1 Å². The normalized spacial score (nSPS) is 10.1. The van der Waals surface area contributed by atoms with Gasteiger partial charge in [-0.3, -0.25) is 4.79 Å². The Hall–Kier alpha value is -1.38. The summed E-state index contributed by atoms with van der Waals surface area (Å²) in [5, 5.41) is 5.51. The van der Waals surface area contributed by atoms with Crippen molar-refractivity contribution in [3.05, 3.63) is 40.3 Å². The Kier molecular flexibility index (Phi) is 13.0. The van der Waals surface area contributed by atoms with Gasteiger partial charge < -0.3 is 20.7 Å². The van der Waals surface area contributed by atoms with Crippen molar-refractivity contribution in [3.63, 3.8) is 0 Å². The molecular weight excluding hydrogens is 407 g/mol. The molecule has 1 aromatic carbocycles. The summed E-state index contributed by atoms with van der Waals surface area (Å²) in [4.78, 5) is 19.0. The fourth-order valence-corrected chi connectivity index (χ4v) is 3.15. The molecule has 1 amide bonds. The topological polar surface area (TPSA) is 80.5 Å². The number of carbonyl (C=O) groups excluding carboxylic acids is 1. The van der Waals surface area contributed by atoms with Gasteiger partial charge in [0, 0.05) is 18.3 Å². The van der Waals surface area contributed by atoms with Gasteiger partial charge in [-0.25, -0.2) is 4.98 Å². The first-order valence-corrected chi connectivity index (χ1v) is 9.45. The van der Waals surface area contributed by atoms with Crippen LogP contribution in [0.3, 0.4) is 0 Å². The average Bonchev–Trinajstić information content (AvgIpc) is 3.09. The highest BCUT2D eigenvalue weighted by molar-refractivity contribution is 7.09. The van der Waals surface area contributed by atoms with Crippen molar-refractivity contribution < 1.29 is 9.53 Å². The second-order valence-electron chi connectivity index (χ2n) is 5.49. The minimum atomic E-state index is -0.237. The van der Waals surface area contributed by atoms with Crippen molar-refractivity contribution in [2.75, 3.05) is 38.1 Å². The van der Waals surface area contributed by atoms with E-state index in [-0.39, 0.29) is 30.7 Å². The Labute approximate surface area is 177 Å². The molecule has 3 N–H and O–H groups in total. The van der Waals surface area contributed by atoms with Crippen LogP contribution in [0, 0.1) is 0 Å². The van der Waals surface area contributed by atoms with Crippen LogP contribution in [0.15, 0.2) is 29.6 Å². The average molecular weight is 435 g/mol. The van der Waals surface area contributed by atoms with Crippen molar-refractivity contribution in [2.45, 2.75) is 20.3 Å². The maximum atomic E-state index is 12.4. The minimum absolute atomic E-state index is 0. The van der Waals surface area contributed by atoms with Crippen LogP contribution in [0.5, 0.6) is 5.75 Å². The van der Waals surface area contributed by atoms with Crippen LogP contribution in [0.2, 0.25) is 0 Å². The van der Waals surface area contributed by atoms with Gasteiger partial charge in [0.05, 0.1) is 10.7 Å². The molecule has 0 unspecified atom stereocenters. The fourth-order valence-electron chi connectivity index (χ4n) is 2.36. The summed E-state index contributed by atoms with van der Waals surface area (Å²) < 4.78 is 5.86. The number of benzene rings is 1. The molecule has 2 aromatic rings. The number of nitrogens with one attached hydrogen (secondary N) is 1. The number of amides is 1. The number of ether oxygens (including phenoxy) is 1.